The third kappa shape index (κ3) is 3.28. The number of carboxylic acids is 1. The lowest BCUT2D eigenvalue weighted by atomic mass is 10.1. The Hall–Kier alpha value is -1.93. The van der Waals surface area contributed by atoms with Crippen molar-refractivity contribution in [2.45, 2.75) is 19.7 Å². The Balaban J connectivity index is 3.35. The number of carboxylic acid groups (broad SMARTS) is 1. The maximum atomic E-state index is 12.4. The highest BCUT2D eigenvalue weighted by Crippen LogP contribution is 2.29. The minimum atomic E-state index is -5.22. The van der Waals surface area contributed by atoms with Gasteiger partial charge in [-0.2, -0.15) is 0 Å². The summed E-state index contributed by atoms with van der Waals surface area (Å²) in [6, 6.07) is 0.651. The summed E-state index contributed by atoms with van der Waals surface area (Å²) >= 11 is 0. The summed E-state index contributed by atoms with van der Waals surface area (Å²) in [6.45, 7) is 1.11. The Morgan fingerprint density at radius 3 is 2.39 bits per heavy atom. The number of ether oxygens (including phenoxy) is 1. The summed E-state index contributed by atoms with van der Waals surface area (Å²) in [5.41, 5.74) is -2.13. The van der Waals surface area contributed by atoms with Crippen LogP contribution in [0.2, 0.25) is 0 Å². The average Bonchev–Trinajstić information content (AvgIpc) is 2.17. The van der Waals surface area contributed by atoms with E-state index in [1.54, 1.807) is 0 Å². The fourth-order valence-electron chi connectivity index (χ4n) is 1.17. The van der Waals surface area contributed by atoms with Gasteiger partial charge in [-0.1, -0.05) is 0 Å². The van der Waals surface area contributed by atoms with E-state index in [1.807, 2.05) is 0 Å². The van der Waals surface area contributed by atoms with Crippen molar-refractivity contribution in [3.8, 4) is 5.88 Å². The van der Waals surface area contributed by atoms with Gasteiger partial charge in [0.1, 0.15) is 11.3 Å². The third-order valence-corrected chi connectivity index (χ3v) is 1.87. The highest BCUT2D eigenvalue weighted by atomic mass is 19.4. The van der Waals surface area contributed by atoms with Crippen LogP contribution in [0.4, 0.5) is 22.0 Å². The van der Waals surface area contributed by atoms with Gasteiger partial charge in [-0.3, -0.25) is 0 Å². The van der Waals surface area contributed by atoms with Crippen molar-refractivity contribution < 1.29 is 36.6 Å². The molecule has 0 fully saturated rings. The molecule has 9 heteroatoms. The van der Waals surface area contributed by atoms with Crippen molar-refractivity contribution in [2.24, 2.45) is 0 Å². The molecule has 1 heterocycles. The number of aromatic carboxylic acids is 1. The molecule has 1 aromatic rings. The number of hydrogen-bond acceptors (Lipinski definition) is 3. The quantitative estimate of drug-likeness (QED) is 0.859. The summed E-state index contributed by atoms with van der Waals surface area (Å²) in [7, 11) is 0. The van der Waals surface area contributed by atoms with Crippen LogP contribution in [0.15, 0.2) is 6.07 Å². The number of rotatable bonds is 3. The number of aryl methyl sites for hydroxylation is 1. The topological polar surface area (TPSA) is 59.4 Å². The maximum Gasteiger partial charge on any atom is 0.574 e. The van der Waals surface area contributed by atoms with E-state index in [2.05, 4.69) is 9.72 Å². The number of carbonyl (C=O) groups is 1. The molecule has 0 saturated carbocycles. The number of pyridine rings is 1. The van der Waals surface area contributed by atoms with Crippen LogP contribution in [0, 0.1) is 6.92 Å². The Bertz CT molecular complexity index is 472. The number of hydrogen-bond donors (Lipinski definition) is 1. The highest BCUT2D eigenvalue weighted by Gasteiger charge is 2.34. The lowest BCUT2D eigenvalue weighted by molar-refractivity contribution is -0.276. The summed E-state index contributed by atoms with van der Waals surface area (Å²) in [6.07, 6.45) is -8.35. The second-order valence-electron chi connectivity index (χ2n) is 3.20. The van der Waals surface area contributed by atoms with Crippen molar-refractivity contribution in [1.29, 1.82) is 0 Å². The predicted molar refractivity (Wildman–Crippen MR) is 47.6 cm³/mol. The van der Waals surface area contributed by atoms with E-state index >= 15 is 0 Å². The van der Waals surface area contributed by atoms with Crippen molar-refractivity contribution in [1.82, 2.24) is 4.98 Å². The van der Waals surface area contributed by atoms with Gasteiger partial charge < -0.3 is 9.84 Å². The Kier molecular flexibility index (Phi) is 3.73. The summed E-state index contributed by atoms with van der Waals surface area (Å²) < 4.78 is 64.1. The van der Waals surface area contributed by atoms with E-state index in [0.717, 1.165) is 6.92 Å². The van der Waals surface area contributed by atoms with E-state index in [9.17, 15) is 26.7 Å². The number of alkyl halides is 5. The van der Waals surface area contributed by atoms with Crippen LogP contribution in [-0.2, 0) is 0 Å². The van der Waals surface area contributed by atoms with E-state index in [1.165, 1.54) is 0 Å². The Morgan fingerprint density at radius 2 is 2.00 bits per heavy atom. The monoisotopic (exact) mass is 271 g/mol. The first-order chi connectivity index (χ1) is 8.11. The fraction of sp³-hybridized carbons (Fsp3) is 0.333. The molecule has 100 valence electrons. The summed E-state index contributed by atoms with van der Waals surface area (Å²) in [4.78, 5) is 13.6. The largest absolute Gasteiger partial charge is 0.574 e. The molecule has 0 amide bonds. The normalized spacial score (nSPS) is 11.7. The molecular formula is C9H6F5NO3. The zero-order valence-corrected chi connectivity index (χ0v) is 8.76. The zero-order valence-electron chi connectivity index (χ0n) is 8.76. The molecule has 0 aromatic carbocycles. The second kappa shape index (κ2) is 4.75. The Morgan fingerprint density at radius 1 is 1.44 bits per heavy atom. The summed E-state index contributed by atoms with van der Waals surface area (Å²) in [5, 5.41) is 8.64. The van der Waals surface area contributed by atoms with Crippen molar-refractivity contribution in [3.63, 3.8) is 0 Å². The molecule has 1 N–H and O–H groups in total. The molecule has 0 unspecified atom stereocenters. The molecule has 0 saturated heterocycles. The van der Waals surface area contributed by atoms with Gasteiger partial charge in [-0.05, 0) is 18.6 Å². The minimum Gasteiger partial charge on any atom is -0.477 e. The molecule has 4 nitrogen and oxygen atoms in total. The van der Waals surface area contributed by atoms with Gasteiger partial charge in [0, 0.05) is 0 Å². The van der Waals surface area contributed by atoms with E-state index in [0.29, 0.717) is 6.07 Å². The molecule has 0 bridgehead atoms. The van der Waals surface area contributed by atoms with E-state index in [4.69, 9.17) is 5.11 Å². The molecule has 0 aliphatic rings. The first kappa shape index (κ1) is 14.1. The van der Waals surface area contributed by atoms with E-state index < -0.39 is 35.9 Å². The van der Waals surface area contributed by atoms with Crippen LogP contribution in [0.3, 0.4) is 0 Å². The van der Waals surface area contributed by atoms with Crippen LogP contribution < -0.4 is 4.74 Å². The molecule has 18 heavy (non-hydrogen) atoms. The van der Waals surface area contributed by atoms with Gasteiger partial charge in [0.2, 0.25) is 5.88 Å². The highest BCUT2D eigenvalue weighted by molar-refractivity contribution is 5.90. The lowest BCUT2D eigenvalue weighted by Crippen LogP contribution is -2.21. The van der Waals surface area contributed by atoms with Gasteiger partial charge in [0.15, 0.2) is 0 Å². The molecule has 0 aliphatic heterocycles. The molecule has 0 aliphatic carbocycles. The van der Waals surface area contributed by atoms with Gasteiger partial charge >= 0.3 is 12.3 Å². The first-order valence-electron chi connectivity index (χ1n) is 4.40. The van der Waals surface area contributed by atoms with Crippen LogP contribution in [0.25, 0.3) is 0 Å². The number of aromatic nitrogens is 1. The first-order valence-corrected chi connectivity index (χ1v) is 4.40. The molecular weight excluding hydrogens is 265 g/mol. The molecule has 1 rings (SSSR count). The average molecular weight is 271 g/mol. The second-order valence-corrected chi connectivity index (χ2v) is 3.20. The van der Waals surface area contributed by atoms with Crippen LogP contribution in [0.5, 0.6) is 5.88 Å². The SMILES string of the molecule is Cc1cc(C(=O)O)c(OC(F)(F)F)nc1C(F)F. The number of nitrogens with zero attached hydrogens (tertiary/aromatic N) is 1. The maximum absolute atomic E-state index is 12.4. The molecule has 0 atom stereocenters. The smallest absolute Gasteiger partial charge is 0.477 e. The van der Waals surface area contributed by atoms with Gasteiger partial charge in [0.25, 0.3) is 6.43 Å². The zero-order chi connectivity index (χ0) is 14.1. The summed E-state index contributed by atoms with van der Waals surface area (Å²) in [5.74, 6) is -3.17. The number of halogens is 5. The Labute approximate surface area is 97.0 Å². The minimum absolute atomic E-state index is 0.239. The van der Waals surface area contributed by atoms with Crippen molar-refractivity contribution in [2.75, 3.05) is 0 Å². The van der Waals surface area contributed by atoms with Gasteiger partial charge in [0.05, 0.1) is 0 Å². The predicted octanol–water partition coefficient (Wildman–Crippen LogP) is 2.92. The van der Waals surface area contributed by atoms with Gasteiger partial charge in [-0.25, -0.2) is 18.6 Å². The lowest BCUT2D eigenvalue weighted by Gasteiger charge is -2.13. The molecule has 0 spiro atoms. The molecule has 1 aromatic heterocycles. The van der Waals surface area contributed by atoms with Gasteiger partial charge in [-0.15, -0.1) is 13.2 Å². The van der Waals surface area contributed by atoms with Crippen LogP contribution >= 0.6 is 0 Å². The standard InChI is InChI=1S/C9H6F5NO3/c1-3-2-4(8(16)17)7(18-9(12,13)14)15-5(3)6(10)11/h2,6H,1H3,(H,16,17). The van der Waals surface area contributed by atoms with Crippen molar-refractivity contribution >= 4 is 5.97 Å². The van der Waals surface area contributed by atoms with Crippen LogP contribution in [-0.4, -0.2) is 22.4 Å². The van der Waals surface area contributed by atoms with Crippen molar-refractivity contribution in [3.05, 3.63) is 22.9 Å². The molecule has 0 radical (unpaired) electrons. The third-order valence-electron chi connectivity index (χ3n) is 1.87. The van der Waals surface area contributed by atoms with Crippen LogP contribution in [0.1, 0.15) is 28.0 Å². The fourth-order valence-corrected chi connectivity index (χ4v) is 1.17. The van der Waals surface area contributed by atoms with E-state index in [-0.39, 0.29) is 5.56 Å².